The van der Waals surface area contributed by atoms with Crippen molar-refractivity contribution >= 4 is 10.9 Å². The third-order valence-electron chi connectivity index (χ3n) is 7.99. The summed E-state index contributed by atoms with van der Waals surface area (Å²) in [6, 6.07) is 9.44. The number of rotatable bonds is 9. The third kappa shape index (κ3) is 4.67. The maximum absolute atomic E-state index is 13.2. The van der Waals surface area contributed by atoms with Crippen LogP contribution in [0.5, 0.6) is 0 Å². The summed E-state index contributed by atoms with van der Waals surface area (Å²) in [6.07, 6.45) is 12.7. The van der Waals surface area contributed by atoms with Crippen molar-refractivity contribution in [2.24, 2.45) is 0 Å². The summed E-state index contributed by atoms with van der Waals surface area (Å²) in [5.74, 6) is 0.992. The molecule has 2 aromatic heterocycles. The van der Waals surface area contributed by atoms with E-state index in [1.54, 1.807) is 0 Å². The lowest BCUT2D eigenvalue weighted by molar-refractivity contribution is 0.106. The van der Waals surface area contributed by atoms with Gasteiger partial charge in [0.2, 0.25) is 0 Å². The Morgan fingerprint density at radius 1 is 1.09 bits per heavy atom. The topological polar surface area (TPSA) is 79.7 Å². The Morgan fingerprint density at radius 2 is 1.85 bits per heavy atom. The smallest absolute Gasteiger partial charge is 0.252 e. The molecular weight excluding hydrogens is 424 g/mol. The molecule has 0 saturated heterocycles. The first-order valence-corrected chi connectivity index (χ1v) is 13.4. The molecule has 34 heavy (non-hydrogen) atoms. The molecule has 5 rings (SSSR count). The number of pyridine rings is 1. The highest BCUT2D eigenvalue weighted by Crippen LogP contribution is 2.37. The zero-order chi connectivity index (χ0) is 23.5. The Balaban J connectivity index is 1.53. The number of aryl methyl sites for hydroxylation is 1. The number of benzene rings is 1. The van der Waals surface area contributed by atoms with Crippen LogP contribution in [-0.4, -0.2) is 36.1 Å². The van der Waals surface area contributed by atoms with E-state index >= 15 is 0 Å². The summed E-state index contributed by atoms with van der Waals surface area (Å²) in [4.78, 5) is 18.9. The highest BCUT2D eigenvalue weighted by Gasteiger charge is 2.34. The van der Waals surface area contributed by atoms with E-state index in [-0.39, 0.29) is 11.6 Å². The molecule has 0 radical (unpaired) electrons. The minimum atomic E-state index is 0.0189. The molecular formula is C27H38N6O. The maximum Gasteiger partial charge on any atom is 0.252 e. The van der Waals surface area contributed by atoms with Gasteiger partial charge in [-0.15, -0.1) is 5.10 Å². The van der Waals surface area contributed by atoms with Gasteiger partial charge in [0.25, 0.3) is 5.56 Å². The molecule has 0 bridgehead atoms. The van der Waals surface area contributed by atoms with Gasteiger partial charge in [-0.25, -0.2) is 4.68 Å². The van der Waals surface area contributed by atoms with Crippen LogP contribution in [0.15, 0.2) is 29.1 Å². The van der Waals surface area contributed by atoms with Crippen molar-refractivity contribution in [2.45, 2.75) is 109 Å². The first-order chi connectivity index (χ1) is 16.7. The average molecular weight is 463 g/mol. The van der Waals surface area contributed by atoms with Gasteiger partial charge in [0.1, 0.15) is 0 Å². The fourth-order valence-corrected chi connectivity index (χ4v) is 6.11. The second-order valence-electron chi connectivity index (χ2n) is 10.2. The highest BCUT2D eigenvalue weighted by molar-refractivity contribution is 5.79. The molecule has 182 valence electrons. The first kappa shape index (κ1) is 23.2. The van der Waals surface area contributed by atoms with Crippen molar-refractivity contribution in [3.63, 3.8) is 0 Å². The predicted molar refractivity (Wildman–Crippen MR) is 135 cm³/mol. The van der Waals surface area contributed by atoms with E-state index in [1.807, 2.05) is 6.07 Å². The number of H-pyrrole nitrogens is 1. The Labute approximate surface area is 201 Å². The molecule has 1 aromatic carbocycles. The monoisotopic (exact) mass is 462 g/mol. The lowest BCUT2D eigenvalue weighted by atomic mass is 10.0. The van der Waals surface area contributed by atoms with Crippen LogP contribution < -0.4 is 5.56 Å². The molecule has 2 saturated carbocycles. The van der Waals surface area contributed by atoms with Crippen LogP contribution in [0.4, 0.5) is 0 Å². The van der Waals surface area contributed by atoms with Crippen molar-refractivity contribution in [3.05, 3.63) is 51.6 Å². The average Bonchev–Trinajstić information content (AvgIpc) is 3.63. The molecule has 2 fully saturated rings. The molecule has 1 unspecified atom stereocenters. The van der Waals surface area contributed by atoms with Crippen molar-refractivity contribution in [3.8, 4) is 0 Å². The van der Waals surface area contributed by atoms with Gasteiger partial charge in [-0.1, -0.05) is 52.0 Å². The number of nitrogens with zero attached hydrogens (tertiary/aromatic N) is 5. The summed E-state index contributed by atoms with van der Waals surface area (Å²) in [5.41, 5.74) is 3.06. The number of fused-ring (bicyclic) bond motifs is 1. The molecule has 2 aliphatic rings. The van der Waals surface area contributed by atoms with E-state index in [2.05, 4.69) is 62.1 Å². The van der Waals surface area contributed by atoms with Gasteiger partial charge in [0.15, 0.2) is 5.82 Å². The van der Waals surface area contributed by atoms with Crippen molar-refractivity contribution in [1.29, 1.82) is 0 Å². The minimum Gasteiger partial charge on any atom is -0.322 e. The standard InChI is InChI=1S/C27H38N6O/c1-3-9-25(26-29-30-31-33(26)23-12-7-8-13-23)32(22-10-5-6-11-22)18-21-17-20-16-19(4-2)14-15-24(20)28-27(21)34/h14-17,22-23,25H,3-13,18H2,1-2H3,(H,28,34). The minimum absolute atomic E-state index is 0.0189. The lowest BCUT2D eigenvalue weighted by Crippen LogP contribution is -2.39. The van der Waals surface area contributed by atoms with Gasteiger partial charge in [-0.05, 0) is 78.1 Å². The molecule has 7 nitrogen and oxygen atoms in total. The molecule has 0 spiro atoms. The second kappa shape index (κ2) is 10.4. The van der Waals surface area contributed by atoms with Crippen molar-refractivity contribution in [1.82, 2.24) is 30.1 Å². The van der Waals surface area contributed by atoms with Gasteiger partial charge in [-0.3, -0.25) is 9.69 Å². The predicted octanol–water partition coefficient (Wildman–Crippen LogP) is 5.48. The molecule has 3 aromatic rings. The quantitative estimate of drug-likeness (QED) is 0.456. The lowest BCUT2D eigenvalue weighted by Gasteiger charge is -2.36. The summed E-state index contributed by atoms with van der Waals surface area (Å²) >= 11 is 0. The number of nitrogens with one attached hydrogen (secondary N) is 1. The number of aromatic nitrogens is 5. The fraction of sp³-hybridized carbons (Fsp3) is 0.630. The summed E-state index contributed by atoms with van der Waals surface area (Å²) in [6.45, 7) is 5.03. The highest BCUT2D eigenvalue weighted by atomic mass is 16.1. The van der Waals surface area contributed by atoms with Crippen LogP contribution >= 0.6 is 0 Å². The van der Waals surface area contributed by atoms with Gasteiger partial charge in [-0.2, -0.15) is 0 Å². The van der Waals surface area contributed by atoms with Crippen LogP contribution in [0.2, 0.25) is 0 Å². The van der Waals surface area contributed by atoms with Crippen LogP contribution in [0.25, 0.3) is 10.9 Å². The second-order valence-corrected chi connectivity index (χ2v) is 10.2. The first-order valence-electron chi connectivity index (χ1n) is 13.4. The van der Waals surface area contributed by atoms with Crippen LogP contribution in [-0.2, 0) is 13.0 Å². The Kier molecular flexibility index (Phi) is 7.09. The molecule has 2 aliphatic carbocycles. The van der Waals surface area contributed by atoms with E-state index < -0.39 is 0 Å². The largest absolute Gasteiger partial charge is 0.322 e. The molecule has 2 heterocycles. The zero-order valence-electron chi connectivity index (χ0n) is 20.7. The van der Waals surface area contributed by atoms with E-state index in [0.29, 0.717) is 18.6 Å². The van der Waals surface area contributed by atoms with Gasteiger partial charge < -0.3 is 4.98 Å². The van der Waals surface area contributed by atoms with E-state index in [4.69, 9.17) is 0 Å². The number of hydrogen-bond donors (Lipinski definition) is 1. The Morgan fingerprint density at radius 3 is 2.59 bits per heavy atom. The fourth-order valence-electron chi connectivity index (χ4n) is 6.11. The molecule has 1 atom stereocenters. The van der Waals surface area contributed by atoms with E-state index in [9.17, 15) is 4.79 Å². The summed E-state index contributed by atoms with van der Waals surface area (Å²) in [5, 5.41) is 14.3. The molecule has 7 heteroatoms. The van der Waals surface area contributed by atoms with Crippen LogP contribution in [0.3, 0.4) is 0 Å². The van der Waals surface area contributed by atoms with Gasteiger partial charge in [0.05, 0.1) is 12.1 Å². The number of hydrogen-bond acceptors (Lipinski definition) is 5. The van der Waals surface area contributed by atoms with E-state index in [0.717, 1.165) is 54.4 Å². The molecule has 0 amide bonds. The molecule has 1 N–H and O–H groups in total. The zero-order valence-corrected chi connectivity index (χ0v) is 20.7. The summed E-state index contributed by atoms with van der Waals surface area (Å²) in [7, 11) is 0. The number of aromatic amines is 1. The van der Waals surface area contributed by atoms with Crippen molar-refractivity contribution in [2.75, 3.05) is 0 Å². The SMILES string of the molecule is CCCC(c1nnnn1C1CCCC1)N(Cc1cc2cc(CC)ccc2[nH]c1=O)C1CCCC1. The van der Waals surface area contributed by atoms with Crippen molar-refractivity contribution < 1.29 is 0 Å². The van der Waals surface area contributed by atoms with Gasteiger partial charge in [0, 0.05) is 23.7 Å². The van der Waals surface area contributed by atoms with Crippen LogP contribution in [0, 0.1) is 0 Å². The van der Waals surface area contributed by atoms with Gasteiger partial charge >= 0.3 is 0 Å². The number of tetrazole rings is 1. The van der Waals surface area contributed by atoms with E-state index in [1.165, 1.54) is 44.1 Å². The Hall–Kier alpha value is -2.54. The summed E-state index contributed by atoms with van der Waals surface area (Å²) < 4.78 is 2.12. The normalized spacial score (nSPS) is 18.4. The third-order valence-corrected chi connectivity index (χ3v) is 7.99. The Bertz CT molecular complexity index is 1160. The maximum atomic E-state index is 13.2. The van der Waals surface area contributed by atoms with Crippen LogP contribution in [0.1, 0.15) is 107 Å². The molecule has 0 aliphatic heterocycles.